The minimum Gasteiger partial charge on any atom is -0.501 e. The Morgan fingerprint density at radius 1 is 0.612 bits per heavy atom. The van der Waals surface area contributed by atoms with E-state index in [4.69, 9.17) is 9.40 Å². The number of hydrogen-bond donors (Lipinski definition) is 0. The van der Waals surface area contributed by atoms with Gasteiger partial charge >= 0.3 is 0 Å². The van der Waals surface area contributed by atoms with E-state index in [9.17, 15) is 0 Å². The molecule has 0 saturated carbocycles. The van der Waals surface area contributed by atoms with E-state index in [2.05, 4.69) is 216 Å². The molecule has 339 valence electrons. The molecule has 0 amide bonds. The fourth-order valence-electron chi connectivity index (χ4n) is 9.24. The van der Waals surface area contributed by atoms with E-state index >= 15 is 0 Å². The molecule has 0 N–H and O–H groups in total. The van der Waals surface area contributed by atoms with Crippen molar-refractivity contribution in [1.29, 1.82) is 0 Å². The number of fused-ring (bicyclic) bond motifs is 4. The summed E-state index contributed by atoms with van der Waals surface area (Å²) in [5.74, 6) is 2.19. The molecule has 10 aromatic rings. The van der Waals surface area contributed by atoms with E-state index in [-0.39, 0.29) is 20.1 Å². The SMILES string of the molecule is CC(C)Cc1cc(-c2[c-]cccc2)ncc1[Si](C)(C)C.CC(C)c1cccc(C(C)C)c1-n1c(-c2[c-]ccc3c2oc2cc(-c4ccc(-c5ccccc5)cc4)ccc23)nc2ccccc21.[Ir]. The van der Waals surface area contributed by atoms with E-state index < -0.39 is 8.07 Å². The molecule has 10 rings (SSSR count). The van der Waals surface area contributed by atoms with Gasteiger partial charge in [-0.15, -0.1) is 54.1 Å². The summed E-state index contributed by atoms with van der Waals surface area (Å²) in [6.07, 6.45) is 3.24. The number of pyridine rings is 1. The summed E-state index contributed by atoms with van der Waals surface area (Å²) in [7, 11) is -1.34. The van der Waals surface area contributed by atoms with E-state index in [0.717, 1.165) is 73.2 Å². The summed E-state index contributed by atoms with van der Waals surface area (Å²) in [6, 6.07) is 62.1. The average molecular weight is 1070 g/mol. The Morgan fingerprint density at radius 2 is 1.25 bits per heavy atom. The minimum absolute atomic E-state index is 0. The predicted molar refractivity (Wildman–Crippen MR) is 282 cm³/mol. The molecule has 0 spiro atoms. The second-order valence-electron chi connectivity index (χ2n) is 19.6. The number of imidazole rings is 1. The first-order valence-electron chi connectivity index (χ1n) is 23.5. The second-order valence-corrected chi connectivity index (χ2v) is 24.6. The molecule has 0 fully saturated rings. The Balaban J connectivity index is 0.000000244. The summed E-state index contributed by atoms with van der Waals surface area (Å²) >= 11 is 0. The largest absolute Gasteiger partial charge is 0.501 e. The fourth-order valence-corrected chi connectivity index (χ4v) is 10.8. The zero-order valence-corrected chi connectivity index (χ0v) is 43.5. The van der Waals surface area contributed by atoms with Crippen LogP contribution in [0.4, 0.5) is 0 Å². The quantitative estimate of drug-likeness (QED) is 0.101. The third-order valence-electron chi connectivity index (χ3n) is 12.5. The summed E-state index contributed by atoms with van der Waals surface area (Å²) in [4.78, 5) is 9.94. The first kappa shape index (κ1) is 47.3. The predicted octanol–water partition coefficient (Wildman–Crippen LogP) is 16.3. The molecule has 3 aromatic heterocycles. The molecule has 0 aliphatic rings. The Kier molecular flexibility index (Phi) is 14.1. The number of benzene rings is 7. The van der Waals surface area contributed by atoms with Gasteiger partial charge in [-0.05, 0) is 86.6 Å². The number of hydrogen-bond acceptors (Lipinski definition) is 3. The molecule has 7 aromatic carbocycles. The number of furan rings is 1. The van der Waals surface area contributed by atoms with Gasteiger partial charge in [0.2, 0.25) is 0 Å². The molecular weight excluding hydrogens is 1010 g/mol. The van der Waals surface area contributed by atoms with Gasteiger partial charge in [-0.2, -0.15) is 0 Å². The average Bonchev–Trinajstić information content (AvgIpc) is 3.90. The van der Waals surface area contributed by atoms with Crippen molar-refractivity contribution in [3.05, 3.63) is 193 Å². The van der Waals surface area contributed by atoms with Crippen molar-refractivity contribution in [2.75, 3.05) is 0 Å². The maximum Gasteiger partial charge on any atom is 0.121 e. The molecule has 0 aliphatic heterocycles. The van der Waals surface area contributed by atoms with Crippen LogP contribution in [0.1, 0.15) is 70.1 Å². The smallest absolute Gasteiger partial charge is 0.121 e. The van der Waals surface area contributed by atoms with E-state index in [1.54, 1.807) is 0 Å². The third-order valence-corrected chi connectivity index (χ3v) is 14.6. The zero-order valence-electron chi connectivity index (χ0n) is 40.1. The molecule has 0 atom stereocenters. The summed E-state index contributed by atoms with van der Waals surface area (Å²) in [5, 5.41) is 3.64. The second kappa shape index (κ2) is 20.0. The Bertz CT molecular complexity index is 3260. The van der Waals surface area contributed by atoms with Gasteiger partial charge in [-0.1, -0.05) is 181 Å². The Morgan fingerprint density at radius 3 is 1.91 bits per heavy atom. The van der Waals surface area contributed by atoms with Crippen molar-refractivity contribution in [2.45, 2.75) is 79.4 Å². The normalized spacial score (nSPS) is 11.7. The number of para-hydroxylation sites is 3. The van der Waals surface area contributed by atoms with Gasteiger partial charge in [0.25, 0.3) is 0 Å². The van der Waals surface area contributed by atoms with Gasteiger partial charge in [0.1, 0.15) is 5.58 Å². The third kappa shape index (κ3) is 9.81. The van der Waals surface area contributed by atoms with E-state index in [1.807, 2.05) is 30.3 Å². The standard InChI is InChI=1S/C43H35N2O.C18H24NSi.Ir/c1-27(2)33-14-10-15-34(28(3)4)41(33)45-39-19-9-8-18-38(39)44-43(45)37-17-11-16-36-35-25-24-32(26-40(35)46-42(36)37)31-22-20-30(21-23-31)29-12-6-5-7-13-29;1-14(2)11-16-12-17(15-9-7-6-8-10-15)19-13-18(16)20(3,4)5;/h5-16,18-28H,1-4H3;6-9,12-14H,11H2,1-5H3;/q2*-1;. The number of aromatic nitrogens is 3. The first-order chi connectivity index (χ1) is 31.9. The van der Waals surface area contributed by atoms with Crippen molar-refractivity contribution in [2.24, 2.45) is 5.92 Å². The van der Waals surface area contributed by atoms with Crippen molar-refractivity contribution in [3.63, 3.8) is 0 Å². The van der Waals surface area contributed by atoms with Crippen LogP contribution < -0.4 is 5.19 Å². The van der Waals surface area contributed by atoms with Crippen LogP contribution in [0.3, 0.4) is 0 Å². The van der Waals surface area contributed by atoms with Crippen molar-refractivity contribution in [1.82, 2.24) is 14.5 Å². The molecule has 1 radical (unpaired) electrons. The van der Waals surface area contributed by atoms with E-state index in [0.29, 0.717) is 17.8 Å². The molecule has 67 heavy (non-hydrogen) atoms. The molecule has 0 saturated heterocycles. The monoisotopic (exact) mass is 1070 g/mol. The molecule has 0 aliphatic carbocycles. The summed E-state index contributed by atoms with van der Waals surface area (Å²) in [6.45, 7) is 20.8. The molecule has 0 bridgehead atoms. The first-order valence-corrected chi connectivity index (χ1v) is 27.0. The summed E-state index contributed by atoms with van der Waals surface area (Å²) < 4.78 is 9.10. The molecule has 3 heterocycles. The molecule has 6 heteroatoms. The maximum absolute atomic E-state index is 6.75. The molecule has 0 unspecified atom stereocenters. The van der Waals surface area contributed by atoms with Crippen LogP contribution in [0, 0.1) is 18.1 Å². The van der Waals surface area contributed by atoms with Crippen LogP contribution in [0.5, 0.6) is 0 Å². The minimum atomic E-state index is -1.34. The van der Waals surface area contributed by atoms with Crippen LogP contribution in [-0.2, 0) is 26.5 Å². The topological polar surface area (TPSA) is 43.9 Å². The van der Waals surface area contributed by atoms with Gasteiger partial charge in [-0.25, -0.2) is 0 Å². The number of rotatable bonds is 10. The Labute approximate surface area is 411 Å². The molecule has 4 nitrogen and oxygen atoms in total. The van der Waals surface area contributed by atoms with Gasteiger partial charge in [-0.3, -0.25) is 4.98 Å². The molecular formula is C61H59IrN3OSi-2. The van der Waals surface area contributed by atoms with Crippen LogP contribution >= 0.6 is 0 Å². The van der Waals surface area contributed by atoms with Crippen molar-refractivity contribution < 1.29 is 24.5 Å². The maximum atomic E-state index is 6.75. The number of nitrogens with zero attached hydrogens (tertiary/aromatic N) is 3. The zero-order chi connectivity index (χ0) is 46.1. The van der Waals surface area contributed by atoms with Gasteiger partial charge in [0.05, 0.1) is 30.5 Å². The summed E-state index contributed by atoms with van der Waals surface area (Å²) in [5.41, 5.74) is 16.7. The van der Waals surface area contributed by atoms with E-state index in [1.165, 1.54) is 38.7 Å². The van der Waals surface area contributed by atoms with Crippen molar-refractivity contribution >= 4 is 46.2 Å². The van der Waals surface area contributed by atoms with Crippen molar-refractivity contribution in [3.8, 4) is 50.6 Å². The van der Waals surface area contributed by atoms with Crippen LogP contribution in [0.15, 0.2) is 168 Å². The van der Waals surface area contributed by atoms with Crippen LogP contribution in [0.2, 0.25) is 19.6 Å². The van der Waals surface area contributed by atoms with Gasteiger partial charge in [0, 0.05) is 37.4 Å². The van der Waals surface area contributed by atoms with Gasteiger partial charge in [0.15, 0.2) is 0 Å². The van der Waals surface area contributed by atoms with Crippen LogP contribution in [-0.4, -0.2) is 22.6 Å². The Hall–Kier alpha value is -6.17. The van der Waals surface area contributed by atoms with Gasteiger partial charge < -0.3 is 14.0 Å². The fraction of sp³-hybridized carbons (Fsp3) is 0.213. The van der Waals surface area contributed by atoms with Crippen LogP contribution in [0.25, 0.3) is 83.6 Å².